The van der Waals surface area contributed by atoms with E-state index in [4.69, 9.17) is 4.74 Å². The summed E-state index contributed by atoms with van der Waals surface area (Å²) in [6.07, 6.45) is 0.982. The minimum atomic E-state index is -0.471. The van der Waals surface area contributed by atoms with Crippen LogP contribution in [0.25, 0.3) is 0 Å². The van der Waals surface area contributed by atoms with Crippen molar-refractivity contribution in [3.63, 3.8) is 0 Å². The molecule has 0 heterocycles. The molecule has 24 heavy (non-hydrogen) atoms. The Morgan fingerprint density at radius 1 is 1.12 bits per heavy atom. The molecule has 0 aromatic heterocycles. The summed E-state index contributed by atoms with van der Waals surface area (Å²) in [5.41, 5.74) is 2.32. The number of hydrogen-bond donors (Lipinski definition) is 1. The van der Waals surface area contributed by atoms with Crippen LogP contribution in [0.4, 0.5) is 4.39 Å². The van der Waals surface area contributed by atoms with Gasteiger partial charge >= 0.3 is 0 Å². The van der Waals surface area contributed by atoms with Crippen molar-refractivity contribution in [2.24, 2.45) is 5.92 Å². The van der Waals surface area contributed by atoms with Crippen molar-refractivity contribution in [3.05, 3.63) is 65.5 Å². The Kier molecular flexibility index (Phi) is 6.36. The summed E-state index contributed by atoms with van der Waals surface area (Å²) in [5, 5.41) is 2.97. The maximum absolute atomic E-state index is 13.5. The molecule has 0 spiro atoms. The molecule has 2 aromatic carbocycles. The van der Waals surface area contributed by atoms with Gasteiger partial charge in [-0.15, -0.1) is 0 Å². The topological polar surface area (TPSA) is 38.3 Å². The molecular formula is C20H24FNO2. The Bertz CT molecular complexity index is 668. The first-order valence-electron chi connectivity index (χ1n) is 8.26. The van der Waals surface area contributed by atoms with E-state index in [1.807, 2.05) is 12.1 Å². The fourth-order valence-corrected chi connectivity index (χ4v) is 2.52. The summed E-state index contributed by atoms with van der Waals surface area (Å²) in [4.78, 5) is 12.2. The number of rotatable bonds is 7. The van der Waals surface area contributed by atoms with Gasteiger partial charge in [-0.05, 0) is 35.6 Å². The molecule has 0 aliphatic heterocycles. The van der Waals surface area contributed by atoms with Gasteiger partial charge in [-0.1, -0.05) is 57.2 Å². The van der Waals surface area contributed by atoms with Crippen molar-refractivity contribution in [1.29, 1.82) is 0 Å². The molecule has 3 nitrogen and oxygen atoms in total. The van der Waals surface area contributed by atoms with E-state index in [-0.39, 0.29) is 30.2 Å². The van der Waals surface area contributed by atoms with E-state index in [1.54, 1.807) is 12.1 Å². The lowest BCUT2D eigenvalue weighted by atomic mass is 9.95. The first-order chi connectivity index (χ1) is 11.5. The maximum Gasteiger partial charge on any atom is 0.258 e. The Morgan fingerprint density at radius 2 is 1.79 bits per heavy atom. The number of carbonyl (C=O) groups excluding carboxylic acids is 1. The van der Waals surface area contributed by atoms with Gasteiger partial charge < -0.3 is 10.1 Å². The van der Waals surface area contributed by atoms with Crippen molar-refractivity contribution in [3.8, 4) is 5.75 Å². The third kappa shape index (κ3) is 4.82. The van der Waals surface area contributed by atoms with Crippen LogP contribution in [-0.4, -0.2) is 12.5 Å². The molecule has 2 rings (SSSR count). The fourth-order valence-electron chi connectivity index (χ4n) is 2.52. The quantitative estimate of drug-likeness (QED) is 0.823. The van der Waals surface area contributed by atoms with E-state index in [0.717, 1.165) is 12.0 Å². The summed E-state index contributed by atoms with van der Waals surface area (Å²) in [5.74, 6) is -0.423. The Labute approximate surface area is 142 Å². The van der Waals surface area contributed by atoms with Gasteiger partial charge in [0.15, 0.2) is 18.2 Å². The summed E-state index contributed by atoms with van der Waals surface area (Å²) in [6.45, 7) is 6.00. The number of nitrogens with one attached hydrogen (secondary N) is 1. The van der Waals surface area contributed by atoms with E-state index in [9.17, 15) is 9.18 Å². The van der Waals surface area contributed by atoms with E-state index < -0.39 is 5.82 Å². The smallest absolute Gasteiger partial charge is 0.258 e. The van der Waals surface area contributed by atoms with Crippen molar-refractivity contribution in [2.45, 2.75) is 33.2 Å². The van der Waals surface area contributed by atoms with Crippen molar-refractivity contribution >= 4 is 5.91 Å². The highest BCUT2D eigenvalue weighted by atomic mass is 19.1. The predicted octanol–water partition coefficient (Wildman–Crippen LogP) is 4.28. The molecule has 0 radical (unpaired) electrons. The first kappa shape index (κ1) is 18.0. The van der Waals surface area contributed by atoms with Crippen molar-refractivity contribution in [2.75, 3.05) is 6.61 Å². The lowest BCUT2D eigenvalue weighted by molar-refractivity contribution is -0.124. The molecule has 1 amide bonds. The highest BCUT2D eigenvalue weighted by Gasteiger charge is 2.18. The molecule has 0 aliphatic rings. The minimum Gasteiger partial charge on any atom is -0.481 e. The molecule has 0 fully saturated rings. The zero-order chi connectivity index (χ0) is 17.5. The molecule has 2 aromatic rings. The Morgan fingerprint density at radius 3 is 2.38 bits per heavy atom. The van der Waals surface area contributed by atoms with Gasteiger partial charge in [-0.3, -0.25) is 4.79 Å². The maximum atomic E-state index is 13.5. The third-order valence-corrected chi connectivity index (χ3v) is 3.93. The van der Waals surface area contributed by atoms with E-state index in [0.29, 0.717) is 0 Å². The Balaban J connectivity index is 1.99. The molecule has 1 atom stereocenters. The van der Waals surface area contributed by atoms with Crippen LogP contribution >= 0.6 is 0 Å². The highest BCUT2D eigenvalue weighted by molar-refractivity contribution is 5.78. The molecule has 0 unspecified atom stereocenters. The number of hydrogen-bond acceptors (Lipinski definition) is 2. The summed E-state index contributed by atoms with van der Waals surface area (Å²) >= 11 is 0. The van der Waals surface area contributed by atoms with Crippen LogP contribution in [0.5, 0.6) is 5.75 Å². The van der Waals surface area contributed by atoms with Gasteiger partial charge in [0.05, 0.1) is 6.04 Å². The zero-order valence-electron chi connectivity index (χ0n) is 14.4. The van der Waals surface area contributed by atoms with Gasteiger partial charge in [0, 0.05) is 0 Å². The second-order valence-corrected chi connectivity index (χ2v) is 6.10. The van der Waals surface area contributed by atoms with Crippen molar-refractivity contribution < 1.29 is 13.9 Å². The standard InChI is InChI=1S/C20H24FNO2/c1-4-15-9-11-16(12-10-15)20(14(2)3)22-19(23)13-24-18-8-6-5-7-17(18)21/h5-12,14,20H,4,13H2,1-3H3,(H,22,23)/t20-/m1/s1. The van der Waals surface area contributed by atoms with Crippen LogP contribution in [0.2, 0.25) is 0 Å². The number of carbonyl (C=O) groups is 1. The van der Waals surface area contributed by atoms with E-state index in [1.165, 1.54) is 17.7 Å². The van der Waals surface area contributed by atoms with Crippen LogP contribution in [0, 0.1) is 11.7 Å². The monoisotopic (exact) mass is 329 g/mol. The molecule has 1 N–H and O–H groups in total. The SMILES string of the molecule is CCc1ccc([C@H](NC(=O)COc2ccccc2F)C(C)C)cc1. The number of amides is 1. The number of benzene rings is 2. The van der Waals surface area contributed by atoms with Crippen LogP contribution < -0.4 is 10.1 Å². The van der Waals surface area contributed by atoms with Crippen LogP contribution in [0.3, 0.4) is 0 Å². The Hall–Kier alpha value is -2.36. The summed E-state index contributed by atoms with van der Waals surface area (Å²) in [6, 6.07) is 14.2. The molecule has 0 bridgehead atoms. The third-order valence-electron chi connectivity index (χ3n) is 3.93. The second kappa shape index (κ2) is 8.48. The average Bonchev–Trinajstić information content (AvgIpc) is 2.59. The lowest BCUT2D eigenvalue weighted by Crippen LogP contribution is -2.35. The van der Waals surface area contributed by atoms with E-state index in [2.05, 4.69) is 38.2 Å². The number of para-hydroxylation sites is 1. The van der Waals surface area contributed by atoms with Gasteiger partial charge in [0.2, 0.25) is 0 Å². The molecule has 0 saturated heterocycles. The molecule has 0 saturated carbocycles. The number of aryl methyl sites for hydroxylation is 1. The van der Waals surface area contributed by atoms with Gasteiger partial charge in [0.25, 0.3) is 5.91 Å². The first-order valence-corrected chi connectivity index (χ1v) is 8.26. The number of halogens is 1. The predicted molar refractivity (Wildman–Crippen MR) is 93.4 cm³/mol. The van der Waals surface area contributed by atoms with E-state index >= 15 is 0 Å². The normalized spacial score (nSPS) is 12.0. The van der Waals surface area contributed by atoms with Crippen LogP contribution in [0.1, 0.15) is 37.9 Å². The van der Waals surface area contributed by atoms with Crippen molar-refractivity contribution in [1.82, 2.24) is 5.32 Å². The van der Waals surface area contributed by atoms with Crippen LogP contribution in [-0.2, 0) is 11.2 Å². The summed E-state index contributed by atoms with van der Waals surface area (Å²) in [7, 11) is 0. The molecule has 128 valence electrons. The molecular weight excluding hydrogens is 305 g/mol. The highest BCUT2D eigenvalue weighted by Crippen LogP contribution is 2.22. The van der Waals surface area contributed by atoms with Gasteiger partial charge in [0.1, 0.15) is 0 Å². The lowest BCUT2D eigenvalue weighted by Gasteiger charge is -2.23. The fraction of sp³-hybridized carbons (Fsp3) is 0.350. The zero-order valence-corrected chi connectivity index (χ0v) is 14.4. The molecule has 4 heteroatoms. The summed E-state index contributed by atoms with van der Waals surface area (Å²) < 4.78 is 18.8. The largest absolute Gasteiger partial charge is 0.481 e. The van der Waals surface area contributed by atoms with Gasteiger partial charge in [-0.2, -0.15) is 0 Å². The van der Waals surface area contributed by atoms with Gasteiger partial charge in [-0.25, -0.2) is 4.39 Å². The second-order valence-electron chi connectivity index (χ2n) is 6.10. The molecule has 0 aliphatic carbocycles. The van der Waals surface area contributed by atoms with Crippen LogP contribution in [0.15, 0.2) is 48.5 Å². The average molecular weight is 329 g/mol. The minimum absolute atomic E-state index is 0.0843. The number of ether oxygens (including phenoxy) is 1.